The van der Waals surface area contributed by atoms with Gasteiger partial charge in [-0.25, -0.2) is 4.39 Å². The zero-order chi connectivity index (χ0) is 14.9. The number of piperidine rings is 1. The zero-order valence-corrected chi connectivity index (χ0v) is 11.4. The number of aliphatic hydroxyl groups is 1. The average molecular weight is 301 g/mol. The molecule has 0 aromatic heterocycles. The fourth-order valence-corrected chi connectivity index (χ4v) is 2.34. The van der Waals surface area contributed by atoms with Gasteiger partial charge in [0.15, 0.2) is 5.60 Å². The van der Waals surface area contributed by atoms with E-state index in [1.165, 1.54) is 17.0 Å². The maximum absolute atomic E-state index is 13.4. The van der Waals surface area contributed by atoms with Gasteiger partial charge < -0.3 is 15.7 Å². The molecule has 20 heavy (non-hydrogen) atoms. The molecule has 7 heteroatoms. The highest BCUT2D eigenvalue weighted by molar-refractivity contribution is 6.30. The third-order valence-corrected chi connectivity index (χ3v) is 3.69. The van der Waals surface area contributed by atoms with Crippen LogP contribution in [0.1, 0.15) is 23.2 Å². The number of carbonyl (C=O) groups is 2. The number of nitrogens with zero attached hydrogens (tertiary/aromatic N) is 1. The number of hydrogen-bond donors (Lipinski definition) is 2. The number of rotatable bonds is 2. The molecule has 0 unspecified atom stereocenters. The lowest BCUT2D eigenvalue weighted by molar-refractivity contribution is -0.140. The Morgan fingerprint density at radius 2 is 2.15 bits per heavy atom. The molecule has 1 aliphatic heterocycles. The first-order valence-corrected chi connectivity index (χ1v) is 6.48. The van der Waals surface area contributed by atoms with Crippen molar-refractivity contribution in [1.29, 1.82) is 0 Å². The Bertz CT molecular complexity index is 567. The minimum absolute atomic E-state index is 0.0752. The molecule has 0 spiro atoms. The van der Waals surface area contributed by atoms with Crippen LogP contribution in [0, 0.1) is 5.82 Å². The summed E-state index contributed by atoms with van der Waals surface area (Å²) in [7, 11) is 0. The predicted octanol–water partition coefficient (Wildman–Crippen LogP) is 0.931. The summed E-state index contributed by atoms with van der Waals surface area (Å²) in [5.74, 6) is -2.03. The van der Waals surface area contributed by atoms with E-state index in [2.05, 4.69) is 0 Å². The van der Waals surface area contributed by atoms with Crippen LogP contribution < -0.4 is 5.73 Å². The summed E-state index contributed by atoms with van der Waals surface area (Å²) in [4.78, 5) is 24.8. The Labute approximate surface area is 120 Å². The number of primary amides is 1. The SMILES string of the molecule is NC(=O)[C@]1(O)CCCN(C(=O)c2ccc(Cl)c(F)c2)C1. The molecule has 1 aromatic rings. The number of hydrogen-bond acceptors (Lipinski definition) is 3. The molecule has 1 atom stereocenters. The number of amides is 2. The van der Waals surface area contributed by atoms with E-state index >= 15 is 0 Å². The van der Waals surface area contributed by atoms with Gasteiger partial charge in [-0.15, -0.1) is 0 Å². The molecule has 2 amide bonds. The fourth-order valence-electron chi connectivity index (χ4n) is 2.22. The first-order chi connectivity index (χ1) is 9.33. The number of β-amino-alcohol motifs (C(OH)–C–C–N with tert-alkyl or cyclic N) is 1. The van der Waals surface area contributed by atoms with Crippen molar-refractivity contribution >= 4 is 23.4 Å². The Kier molecular flexibility index (Phi) is 3.96. The van der Waals surface area contributed by atoms with E-state index in [9.17, 15) is 19.1 Å². The van der Waals surface area contributed by atoms with Gasteiger partial charge in [-0.1, -0.05) is 11.6 Å². The van der Waals surface area contributed by atoms with Crippen LogP contribution in [0.15, 0.2) is 18.2 Å². The van der Waals surface area contributed by atoms with Crippen LogP contribution in [0.3, 0.4) is 0 Å². The van der Waals surface area contributed by atoms with E-state index in [-0.39, 0.29) is 23.6 Å². The van der Waals surface area contributed by atoms with Crippen LogP contribution in [0.2, 0.25) is 5.02 Å². The molecule has 5 nitrogen and oxygen atoms in total. The van der Waals surface area contributed by atoms with Crippen molar-refractivity contribution in [2.45, 2.75) is 18.4 Å². The summed E-state index contributed by atoms with van der Waals surface area (Å²) >= 11 is 5.56. The molecule has 3 N–H and O–H groups in total. The minimum Gasteiger partial charge on any atom is -0.378 e. The summed E-state index contributed by atoms with van der Waals surface area (Å²) in [6.45, 7) is 0.185. The first kappa shape index (κ1) is 14.7. The summed E-state index contributed by atoms with van der Waals surface area (Å²) in [5, 5.41) is 9.97. The Morgan fingerprint density at radius 1 is 1.45 bits per heavy atom. The molecule has 1 saturated heterocycles. The normalized spacial score (nSPS) is 22.6. The van der Waals surface area contributed by atoms with Crippen molar-refractivity contribution in [1.82, 2.24) is 4.90 Å². The molecule has 0 bridgehead atoms. The van der Waals surface area contributed by atoms with Gasteiger partial charge in [0.25, 0.3) is 11.8 Å². The van der Waals surface area contributed by atoms with Crippen LogP contribution in [-0.4, -0.2) is 40.5 Å². The van der Waals surface area contributed by atoms with Gasteiger partial charge in [-0.3, -0.25) is 9.59 Å². The second-order valence-electron chi connectivity index (χ2n) is 4.85. The van der Waals surface area contributed by atoms with Crippen molar-refractivity contribution in [3.05, 3.63) is 34.6 Å². The van der Waals surface area contributed by atoms with Crippen molar-refractivity contribution in [3.63, 3.8) is 0 Å². The largest absolute Gasteiger partial charge is 0.378 e. The maximum atomic E-state index is 13.4. The van der Waals surface area contributed by atoms with Gasteiger partial charge in [0.2, 0.25) is 0 Å². The van der Waals surface area contributed by atoms with Crippen LogP contribution in [-0.2, 0) is 4.79 Å². The van der Waals surface area contributed by atoms with Crippen LogP contribution in [0.4, 0.5) is 4.39 Å². The number of benzene rings is 1. The lowest BCUT2D eigenvalue weighted by atomic mass is 9.92. The molecule has 1 aromatic carbocycles. The maximum Gasteiger partial charge on any atom is 0.254 e. The van der Waals surface area contributed by atoms with E-state index < -0.39 is 23.2 Å². The van der Waals surface area contributed by atoms with E-state index in [1.807, 2.05) is 0 Å². The van der Waals surface area contributed by atoms with Crippen LogP contribution in [0.5, 0.6) is 0 Å². The first-order valence-electron chi connectivity index (χ1n) is 6.10. The monoisotopic (exact) mass is 300 g/mol. The standard InChI is InChI=1S/C13H14ClFN2O3/c14-9-3-2-8(6-10(9)15)11(18)17-5-1-4-13(20,7-17)12(16)19/h2-3,6,20H,1,4-5,7H2,(H2,16,19)/t13-/m0/s1. The van der Waals surface area contributed by atoms with Crippen molar-refractivity contribution in [2.24, 2.45) is 5.73 Å². The summed E-state index contributed by atoms with van der Waals surface area (Å²) < 4.78 is 13.4. The Morgan fingerprint density at radius 3 is 2.75 bits per heavy atom. The zero-order valence-electron chi connectivity index (χ0n) is 10.6. The molecule has 0 aliphatic carbocycles. The van der Waals surface area contributed by atoms with Crippen LogP contribution >= 0.6 is 11.6 Å². The summed E-state index contributed by atoms with van der Waals surface area (Å²) in [6.07, 6.45) is 0.655. The van der Waals surface area contributed by atoms with Crippen molar-refractivity contribution < 1.29 is 19.1 Å². The topological polar surface area (TPSA) is 83.6 Å². The van der Waals surface area contributed by atoms with Gasteiger partial charge in [0, 0.05) is 12.1 Å². The Hall–Kier alpha value is -1.66. The second kappa shape index (κ2) is 5.38. The molecular weight excluding hydrogens is 287 g/mol. The molecular formula is C13H14ClFN2O3. The van der Waals surface area contributed by atoms with Gasteiger partial charge in [-0.2, -0.15) is 0 Å². The highest BCUT2D eigenvalue weighted by Crippen LogP contribution is 2.23. The van der Waals surface area contributed by atoms with Gasteiger partial charge >= 0.3 is 0 Å². The number of likely N-dealkylation sites (tertiary alicyclic amines) is 1. The average Bonchev–Trinajstić information content (AvgIpc) is 2.41. The van der Waals surface area contributed by atoms with Crippen molar-refractivity contribution in [3.8, 4) is 0 Å². The molecule has 0 radical (unpaired) electrons. The smallest absolute Gasteiger partial charge is 0.254 e. The summed E-state index contributed by atoms with van der Waals surface area (Å²) in [5.41, 5.74) is 3.53. The van der Waals surface area contributed by atoms with E-state index in [1.54, 1.807) is 0 Å². The second-order valence-corrected chi connectivity index (χ2v) is 5.26. The van der Waals surface area contributed by atoms with E-state index in [0.717, 1.165) is 6.07 Å². The van der Waals surface area contributed by atoms with Gasteiger partial charge in [-0.05, 0) is 31.0 Å². The van der Waals surface area contributed by atoms with Gasteiger partial charge in [0.05, 0.1) is 11.6 Å². The highest BCUT2D eigenvalue weighted by atomic mass is 35.5. The predicted molar refractivity (Wildman–Crippen MR) is 70.7 cm³/mol. The molecule has 1 aliphatic rings. The lowest BCUT2D eigenvalue weighted by Gasteiger charge is -2.37. The van der Waals surface area contributed by atoms with Crippen molar-refractivity contribution in [2.75, 3.05) is 13.1 Å². The number of nitrogens with two attached hydrogens (primary N) is 1. The van der Waals surface area contributed by atoms with Crippen LogP contribution in [0.25, 0.3) is 0 Å². The Balaban J connectivity index is 2.20. The third kappa shape index (κ3) is 2.76. The lowest BCUT2D eigenvalue weighted by Crippen LogP contribution is -2.57. The molecule has 1 fully saturated rings. The minimum atomic E-state index is -1.72. The quantitative estimate of drug-likeness (QED) is 0.852. The molecule has 2 rings (SSSR count). The fraction of sp³-hybridized carbons (Fsp3) is 0.385. The van der Waals surface area contributed by atoms with E-state index in [0.29, 0.717) is 13.0 Å². The number of carbonyl (C=O) groups excluding carboxylic acids is 2. The highest BCUT2D eigenvalue weighted by Gasteiger charge is 2.40. The summed E-state index contributed by atoms with van der Waals surface area (Å²) in [6, 6.07) is 3.71. The third-order valence-electron chi connectivity index (χ3n) is 3.38. The number of halogens is 2. The van der Waals surface area contributed by atoms with E-state index in [4.69, 9.17) is 17.3 Å². The molecule has 1 heterocycles. The molecule has 108 valence electrons. The molecule has 0 saturated carbocycles. The van der Waals surface area contributed by atoms with Gasteiger partial charge in [0.1, 0.15) is 5.82 Å².